The smallest absolute Gasteiger partial charge is 0.354 e. The fraction of sp³-hybridized carbons (Fsp3) is 0.167. The second-order valence-corrected chi connectivity index (χ2v) is 4.00. The van der Waals surface area contributed by atoms with E-state index in [1.54, 1.807) is 13.8 Å². The molecular weight excluding hydrogens is 248 g/mol. The van der Waals surface area contributed by atoms with Gasteiger partial charge in [0.25, 0.3) is 5.91 Å². The number of H-pyrrole nitrogens is 1. The second-order valence-electron chi connectivity index (χ2n) is 4.00. The van der Waals surface area contributed by atoms with Gasteiger partial charge in [0, 0.05) is 5.69 Å². The SMILES string of the molecule is Cc1n[nH]c(C)c1C(=O)Nc1ccc(C(=O)O)nc1. The topological polar surface area (TPSA) is 108 Å². The van der Waals surface area contributed by atoms with Crippen molar-refractivity contribution in [1.29, 1.82) is 0 Å². The lowest BCUT2D eigenvalue weighted by atomic mass is 10.2. The van der Waals surface area contributed by atoms with Gasteiger partial charge in [0.05, 0.1) is 23.1 Å². The first-order chi connectivity index (χ1) is 8.99. The number of nitrogens with zero attached hydrogens (tertiary/aromatic N) is 2. The Bertz CT molecular complexity index is 611. The number of carboxylic acid groups (broad SMARTS) is 1. The van der Waals surface area contributed by atoms with Gasteiger partial charge in [-0.25, -0.2) is 9.78 Å². The molecule has 0 saturated carbocycles. The number of nitrogens with one attached hydrogen (secondary N) is 2. The van der Waals surface area contributed by atoms with Gasteiger partial charge >= 0.3 is 5.97 Å². The Morgan fingerprint density at radius 1 is 1.32 bits per heavy atom. The van der Waals surface area contributed by atoms with Crippen molar-refractivity contribution in [2.75, 3.05) is 5.32 Å². The summed E-state index contributed by atoms with van der Waals surface area (Å²) in [6, 6.07) is 2.81. The van der Waals surface area contributed by atoms with Crippen molar-refractivity contribution < 1.29 is 14.7 Å². The van der Waals surface area contributed by atoms with Crippen molar-refractivity contribution in [2.24, 2.45) is 0 Å². The van der Waals surface area contributed by atoms with E-state index < -0.39 is 5.97 Å². The fourth-order valence-corrected chi connectivity index (χ4v) is 1.67. The number of aromatic carboxylic acids is 1. The summed E-state index contributed by atoms with van der Waals surface area (Å²) in [5, 5.41) is 18.0. The van der Waals surface area contributed by atoms with Crippen LogP contribution in [0.5, 0.6) is 0 Å². The first-order valence-electron chi connectivity index (χ1n) is 5.51. The van der Waals surface area contributed by atoms with Gasteiger partial charge in [0.2, 0.25) is 0 Å². The van der Waals surface area contributed by atoms with Gasteiger partial charge in [-0.2, -0.15) is 5.10 Å². The van der Waals surface area contributed by atoms with Gasteiger partial charge in [-0.3, -0.25) is 9.89 Å². The Morgan fingerprint density at radius 2 is 2.05 bits per heavy atom. The molecule has 7 nitrogen and oxygen atoms in total. The van der Waals surface area contributed by atoms with Gasteiger partial charge in [-0.1, -0.05) is 0 Å². The fourth-order valence-electron chi connectivity index (χ4n) is 1.67. The molecule has 0 aliphatic rings. The van der Waals surface area contributed by atoms with Crippen molar-refractivity contribution in [3.05, 3.63) is 41.0 Å². The number of aryl methyl sites for hydroxylation is 2. The normalized spacial score (nSPS) is 10.2. The molecule has 0 unspecified atom stereocenters. The van der Waals surface area contributed by atoms with Crippen molar-refractivity contribution >= 4 is 17.6 Å². The summed E-state index contributed by atoms with van der Waals surface area (Å²) < 4.78 is 0. The lowest BCUT2D eigenvalue weighted by Gasteiger charge is -2.05. The molecule has 0 aliphatic carbocycles. The molecule has 2 aromatic heterocycles. The Labute approximate surface area is 108 Å². The van der Waals surface area contributed by atoms with E-state index in [0.717, 1.165) is 0 Å². The molecule has 98 valence electrons. The molecule has 7 heteroatoms. The Morgan fingerprint density at radius 3 is 2.53 bits per heavy atom. The van der Waals surface area contributed by atoms with Crippen LogP contribution >= 0.6 is 0 Å². The minimum absolute atomic E-state index is 0.0753. The lowest BCUT2D eigenvalue weighted by molar-refractivity contribution is 0.0690. The van der Waals surface area contributed by atoms with Crippen LogP contribution in [0.2, 0.25) is 0 Å². The Kier molecular flexibility index (Phi) is 3.28. The first-order valence-corrected chi connectivity index (χ1v) is 5.51. The molecule has 0 fully saturated rings. The van der Waals surface area contributed by atoms with E-state index in [0.29, 0.717) is 22.6 Å². The van der Waals surface area contributed by atoms with Crippen LogP contribution in [0.4, 0.5) is 5.69 Å². The number of rotatable bonds is 3. The minimum Gasteiger partial charge on any atom is -0.477 e. The quantitative estimate of drug-likeness (QED) is 0.772. The summed E-state index contributed by atoms with van der Waals surface area (Å²) >= 11 is 0. The number of hydrogen-bond acceptors (Lipinski definition) is 4. The summed E-state index contributed by atoms with van der Waals surface area (Å²) in [4.78, 5) is 26.4. The predicted molar refractivity (Wildman–Crippen MR) is 67.2 cm³/mol. The Hall–Kier alpha value is -2.70. The van der Waals surface area contributed by atoms with Crippen LogP contribution < -0.4 is 5.32 Å². The van der Waals surface area contributed by atoms with E-state index in [4.69, 9.17) is 5.11 Å². The highest BCUT2D eigenvalue weighted by Gasteiger charge is 2.15. The number of carboxylic acids is 1. The number of pyridine rings is 1. The van der Waals surface area contributed by atoms with Crippen molar-refractivity contribution in [2.45, 2.75) is 13.8 Å². The standard InChI is InChI=1S/C12H12N4O3/c1-6-10(7(2)16-15-6)11(17)14-8-3-4-9(12(18)19)13-5-8/h3-5H,1-2H3,(H,14,17)(H,15,16)(H,18,19). The summed E-state index contributed by atoms with van der Waals surface area (Å²) in [5.74, 6) is -1.42. The number of amides is 1. The number of carbonyl (C=O) groups excluding carboxylic acids is 1. The van der Waals surface area contributed by atoms with Crippen LogP contribution in [0.3, 0.4) is 0 Å². The molecule has 0 aliphatic heterocycles. The molecular formula is C12H12N4O3. The maximum absolute atomic E-state index is 12.0. The maximum atomic E-state index is 12.0. The molecule has 0 spiro atoms. The highest BCUT2D eigenvalue weighted by atomic mass is 16.4. The molecule has 0 aromatic carbocycles. The van der Waals surface area contributed by atoms with Crippen molar-refractivity contribution in [3.8, 4) is 0 Å². The molecule has 2 aromatic rings. The molecule has 2 rings (SSSR count). The average molecular weight is 260 g/mol. The number of anilines is 1. The predicted octanol–water partition coefficient (Wildman–Crippen LogP) is 1.37. The minimum atomic E-state index is -1.11. The van der Waals surface area contributed by atoms with Crippen molar-refractivity contribution in [3.63, 3.8) is 0 Å². The monoisotopic (exact) mass is 260 g/mol. The van der Waals surface area contributed by atoms with Gasteiger partial charge in [0.15, 0.2) is 0 Å². The molecule has 1 amide bonds. The summed E-state index contributed by atoms with van der Waals surface area (Å²) in [7, 11) is 0. The summed E-state index contributed by atoms with van der Waals surface area (Å²) in [6.07, 6.45) is 1.30. The van der Waals surface area contributed by atoms with Crippen LogP contribution in [0.15, 0.2) is 18.3 Å². The first kappa shape index (κ1) is 12.7. The third-order valence-electron chi connectivity index (χ3n) is 2.60. The largest absolute Gasteiger partial charge is 0.477 e. The molecule has 2 heterocycles. The van der Waals surface area contributed by atoms with Gasteiger partial charge < -0.3 is 10.4 Å². The molecule has 3 N–H and O–H groups in total. The Balaban J connectivity index is 2.17. The maximum Gasteiger partial charge on any atom is 0.354 e. The zero-order chi connectivity index (χ0) is 14.0. The molecule has 19 heavy (non-hydrogen) atoms. The van der Waals surface area contributed by atoms with E-state index in [9.17, 15) is 9.59 Å². The second kappa shape index (κ2) is 4.89. The van der Waals surface area contributed by atoms with Crippen LogP contribution in [0.25, 0.3) is 0 Å². The number of aromatic amines is 1. The van der Waals surface area contributed by atoms with Gasteiger partial charge in [-0.15, -0.1) is 0 Å². The third kappa shape index (κ3) is 2.59. The molecule has 0 saturated heterocycles. The third-order valence-corrected chi connectivity index (χ3v) is 2.60. The lowest BCUT2D eigenvalue weighted by Crippen LogP contribution is -2.14. The highest BCUT2D eigenvalue weighted by molar-refractivity contribution is 6.05. The van der Waals surface area contributed by atoms with Crippen LogP contribution in [-0.2, 0) is 0 Å². The summed E-state index contributed by atoms with van der Waals surface area (Å²) in [5.41, 5.74) is 2.10. The van der Waals surface area contributed by atoms with Crippen LogP contribution in [0.1, 0.15) is 32.2 Å². The van der Waals surface area contributed by atoms with E-state index in [-0.39, 0.29) is 11.6 Å². The molecule has 0 radical (unpaired) electrons. The van der Waals surface area contributed by atoms with E-state index >= 15 is 0 Å². The number of hydrogen-bond donors (Lipinski definition) is 3. The zero-order valence-electron chi connectivity index (χ0n) is 10.4. The van der Waals surface area contributed by atoms with Crippen molar-refractivity contribution in [1.82, 2.24) is 15.2 Å². The number of carbonyl (C=O) groups is 2. The van der Waals surface area contributed by atoms with Gasteiger partial charge in [0.1, 0.15) is 5.69 Å². The average Bonchev–Trinajstić information content (AvgIpc) is 2.69. The zero-order valence-corrected chi connectivity index (χ0v) is 10.4. The van der Waals surface area contributed by atoms with Gasteiger partial charge in [-0.05, 0) is 26.0 Å². The molecule has 0 bridgehead atoms. The van der Waals surface area contributed by atoms with E-state index in [1.807, 2.05) is 0 Å². The number of aromatic nitrogens is 3. The summed E-state index contributed by atoms with van der Waals surface area (Å²) in [6.45, 7) is 3.48. The van der Waals surface area contributed by atoms with Crippen LogP contribution in [-0.4, -0.2) is 32.2 Å². The van der Waals surface area contributed by atoms with E-state index in [2.05, 4.69) is 20.5 Å². The van der Waals surface area contributed by atoms with Crippen LogP contribution in [0, 0.1) is 13.8 Å². The highest BCUT2D eigenvalue weighted by Crippen LogP contribution is 2.13. The molecule has 0 atom stereocenters. The van der Waals surface area contributed by atoms with E-state index in [1.165, 1.54) is 18.3 Å².